The fourth-order valence-electron chi connectivity index (χ4n) is 0.572. The number of ether oxygens (including phenoxy) is 1. The minimum Gasteiger partial charge on any atom is -0.380 e. The topological polar surface area (TPSA) is 102 Å². The molecule has 0 heterocycles. The summed E-state index contributed by atoms with van der Waals surface area (Å²) in [6.45, 7) is 0.744. The molecule has 0 aromatic heterocycles. The molecule has 5 nitrogen and oxygen atoms in total. The molecule has 68 valence electrons. The smallest absolute Gasteiger partial charge is 0.234 e. The summed E-state index contributed by atoms with van der Waals surface area (Å²) in [4.78, 5) is 10.4. The van der Waals surface area contributed by atoms with Crippen molar-refractivity contribution in [3.8, 4) is 6.07 Å². The fraction of sp³-hybridized carbons (Fsp3) is 0.714. The summed E-state index contributed by atoms with van der Waals surface area (Å²) >= 11 is 0. The lowest BCUT2D eigenvalue weighted by Crippen LogP contribution is -2.37. The first-order valence-corrected chi connectivity index (χ1v) is 3.68. The first-order valence-electron chi connectivity index (χ1n) is 3.68. The molecule has 0 saturated heterocycles. The van der Waals surface area contributed by atoms with E-state index in [0.717, 1.165) is 0 Å². The van der Waals surface area contributed by atoms with Crippen LogP contribution in [-0.4, -0.2) is 25.2 Å². The first kappa shape index (κ1) is 10.9. The van der Waals surface area contributed by atoms with Crippen molar-refractivity contribution < 1.29 is 9.53 Å². The molecule has 12 heavy (non-hydrogen) atoms. The molecule has 0 rings (SSSR count). The molecule has 1 unspecified atom stereocenters. The highest BCUT2D eigenvalue weighted by Gasteiger charge is 2.07. The van der Waals surface area contributed by atoms with E-state index in [1.54, 1.807) is 0 Å². The third-order valence-corrected chi connectivity index (χ3v) is 1.30. The van der Waals surface area contributed by atoms with Crippen LogP contribution in [0.4, 0.5) is 0 Å². The van der Waals surface area contributed by atoms with Gasteiger partial charge >= 0.3 is 0 Å². The van der Waals surface area contributed by atoms with Crippen molar-refractivity contribution in [2.45, 2.75) is 18.9 Å². The van der Waals surface area contributed by atoms with E-state index in [4.69, 9.17) is 21.5 Å². The molecule has 0 spiro atoms. The molecule has 0 aromatic carbocycles. The standard InChI is InChI=1S/C7H13N3O2/c8-3-1-4-12-5-2-6(9)7(10)11/h6H,1-2,4-5,9H2,(H2,10,11). The quantitative estimate of drug-likeness (QED) is 0.506. The van der Waals surface area contributed by atoms with E-state index in [1.165, 1.54) is 0 Å². The van der Waals surface area contributed by atoms with Gasteiger partial charge in [0.1, 0.15) is 0 Å². The molecular weight excluding hydrogens is 158 g/mol. The van der Waals surface area contributed by atoms with Gasteiger partial charge in [-0.05, 0) is 6.42 Å². The summed E-state index contributed by atoms with van der Waals surface area (Å²) in [6, 6.07) is 1.28. The average Bonchev–Trinajstić information content (AvgIpc) is 2.03. The molecule has 1 amide bonds. The van der Waals surface area contributed by atoms with Crippen LogP contribution in [0.3, 0.4) is 0 Å². The highest BCUT2D eigenvalue weighted by atomic mass is 16.5. The van der Waals surface area contributed by atoms with Gasteiger partial charge < -0.3 is 16.2 Å². The Hall–Kier alpha value is -1.12. The van der Waals surface area contributed by atoms with Crippen LogP contribution in [0.15, 0.2) is 0 Å². The summed E-state index contributed by atoms with van der Waals surface area (Å²) in [7, 11) is 0. The summed E-state index contributed by atoms with van der Waals surface area (Å²) in [5, 5.41) is 8.13. The molecule has 0 aliphatic carbocycles. The van der Waals surface area contributed by atoms with Gasteiger partial charge in [-0.15, -0.1) is 0 Å². The molecule has 0 aliphatic rings. The van der Waals surface area contributed by atoms with Gasteiger partial charge in [0.05, 0.1) is 25.1 Å². The van der Waals surface area contributed by atoms with Crippen LogP contribution in [0.5, 0.6) is 0 Å². The van der Waals surface area contributed by atoms with Gasteiger partial charge in [-0.3, -0.25) is 4.79 Å². The lowest BCUT2D eigenvalue weighted by atomic mass is 10.2. The molecule has 0 fully saturated rings. The molecule has 0 aromatic rings. The molecule has 4 N–H and O–H groups in total. The van der Waals surface area contributed by atoms with Crippen LogP contribution >= 0.6 is 0 Å². The zero-order valence-electron chi connectivity index (χ0n) is 6.82. The molecule has 0 saturated carbocycles. The Balaban J connectivity index is 3.21. The predicted molar refractivity (Wildman–Crippen MR) is 42.8 cm³/mol. The molecule has 5 heteroatoms. The van der Waals surface area contributed by atoms with Gasteiger partial charge in [-0.2, -0.15) is 5.26 Å². The Morgan fingerprint density at radius 2 is 2.25 bits per heavy atom. The van der Waals surface area contributed by atoms with Gasteiger partial charge in [-0.1, -0.05) is 0 Å². The number of primary amides is 1. The Labute approximate surface area is 71.3 Å². The number of hydrogen-bond donors (Lipinski definition) is 2. The van der Waals surface area contributed by atoms with Gasteiger partial charge in [0.15, 0.2) is 0 Å². The molecule has 0 aliphatic heterocycles. The summed E-state index contributed by atoms with van der Waals surface area (Å²) in [5.74, 6) is -0.529. The number of carbonyl (C=O) groups is 1. The third-order valence-electron chi connectivity index (χ3n) is 1.30. The number of nitriles is 1. The second kappa shape index (κ2) is 6.58. The SMILES string of the molecule is N#CCCOCCC(N)C(N)=O. The normalized spacial score (nSPS) is 12.0. The second-order valence-corrected chi connectivity index (χ2v) is 2.32. The Morgan fingerprint density at radius 1 is 1.58 bits per heavy atom. The summed E-state index contributed by atoms with van der Waals surface area (Å²) < 4.78 is 4.98. The third kappa shape index (κ3) is 5.65. The van der Waals surface area contributed by atoms with E-state index in [9.17, 15) is 4.79 Å². The number of nitrogens with zero attached hydrogens (tertiary/aromatic N) is 1. The lowest BCUT2D eigenvalue weighted by molar-refractivity contribution is -0.119. The number of rotatable bonds is 6. The van der Waals surface area contributed by atoms with Crippen molar-refractivity contribution in [3.05, 3.63) is 0 Å². The number of nitrogens with two attached hydrogens (primary N) is 2. The number of hydrogen-bond acceptors (Lipinski definition) is 4. The number of carbonyl (C=O) groups excluding carboxylic acids is 1. The summed E-state index contributed by atoms with van der Waals surface area (Å²) in [6.07, 6.45) is 0.757. The van der Waals surface area contributed by atoms with Crippen molar-refractivity contribution in [2.75, 3.05) is 13.2 Å². The minimum atomic E-state index is -0.646. The number of amides is 1. The Bertz CT molecular complexity index is 176. The molecular formula is C7H13N3O2. The van der Waals surface area contributed by atoms with E-state index in [0.29, 0.717) is 26.1 Å². The maximum absolute atomic E-state index is 10.4. The Kier molecular flexibility index (Phi) is 5.97. The van der Waals surface area contributed by atoms with Crippen LogP contribution in [0.25, 0.3) is 0 Å². The van der Waals surface area contributed by atoms with Crippen LogP contribution in [-0.2, 0) is 9.53 Å². The van der Waals surface area contributed by atoms with E-state index in [2.05, 4.69) is 0 Å². The van der Waals surface area contributed by atoms with Crippen molar-refractivity contribution in [1.29, 1.82) is 5.26 Å². The van der Waals surface area contributed by atoms with E-state index < -0.39 is 11.9 Å². The van der Waals surface area contributed by atoms with Crippen LogP contribution in [0, 0.1) is 11.3 Å². The van der Waals surface area contributed by atoms with E-state index in [1.807, 2.05) is 6.07 Å². The van der Waals surface area contributed by atoms with E-state index in [-0.39, 0.29) is 0 Å². The average molecular weight is 171 g/mol. The van der Waals surface area contributed by atoms with Crippen molar-refractivity contribution in [2.24, 2.45) is 11.5 Å². The van der Waals surface area contributed by atoms with Crippen LogP contribution in [0.1, 0.15) is 12.8 Å². The van der Waals surface area contributed by atoms with Gasteiger partial charge in [0.25, 0.3) is 0 Å². The zero-order valence-corrected chi connectivity index (χ0v) is 6.82. The van der Waals surface area contributed by atoms with Crippen molar-refractivity contribution >= 4 is 5.91 Å². The van der Waals surface area contributed by atoms with Gasteiger partial charge in [0.2, 0.25) is 5.91 Å². The molecule has 0 bridgehead atoms. The fourth-order valence-corrected chi connectivity index (χ4v) is 0.572. The van der Waals surface area contributed by atoms with E-state index >= 15 is 0 Å². The molecule has 0 radical (unpaired) electrons. The van der Waals surface area contributed by atoms with Crippen molar-refractivity contribution in [1.82, 2.24) is 0 Å². The second-order valence-electron chi connectivity index (χ2n) is 2.32. The van der Waals surface area contributed by atoms with Crippen molar-refractivity contribution in [3.63, 3.8) is 0 Å². The highest BCUT2D eigenvalue weighted by molar-refractivity contribution is 5.79. The summed E-state index contributed by atoms with van der Waals surface area (Å²) in [5.41, 5.74) is 10.2. The molecule has 1 atom stereocenters. The zero-order chi connectivity index (χ0) is 9.40. The lowest BCUT2D eigenvalue weighted by Gasteiger charge is -2.06. The monoisotopic (exact) mass is 171 g/mol. The van der Waals surface area contributed by atoms with Gasteiger partial charge in [-0.25, -0.2) is 0 Å². The van der Waals surface area contributed by atoms with Crippen LogP contribution < -0.4 is 11.5 Å². The largest absolute Gasteiger partial charge is 0.380 e. The van der Waals surface area contributed by atoms with Gasteiger partial charge in [0, 0.05) is 6.61 Å². The minimum absolute atomic E-state index is 0.353. The highest BCUT2D eigenvalue weighted by Crippen LogP contribution is 1.89. The Morgan fingerprint density at radius 3 is 2.75 bits per heavy atom. The van der Waals surface area contributed by atoms with Crippen LogP contribution in [0.2, 0.25) is 0 Å². The maximum atomic E-state index is 10.4. The first-order chi connectivity index (χ1) is 5.68. The maximum Gasteiger partial charge on any atom is 0.234 e. The predicted octanol–water partition coefficient (Wildman–Crippen LogP) is -0.881.